The second-order valence-electron chi connectivity index (χ2n) is 5.21. The number of ether oxygens (including phenoxy) is 2. The molecule has 0 unspecified atom stereocenters. The number of thiocarbonyl (C=S) groups is 1. The van der Waals surface area contributed by atoms with Gasteiger partial charge in [-0.3, -0.25) is 25.8 Å². The van der Waals surface area contributed by atoms with Crippen LogP contribution in [0.3, 0.4) is 0 Å². The molecule has 0 bridgehead atoms. The summed E-state index contributed by atoms with van der Waals surface area (Å²) in [5.74, 6) is 0.241. The number of nitrogens with one attached hydrogen (secondary N) is 3. The van der Waals surface area contributed by atoms with Crippen LogP contribution < -0.4 is 25.6 Å². The first-order valence-electron chi connectivity index (χ1n) is 7.66. The van der Waals surface area contributed by atoms with Crippen molar-refractivity contribution in [2.24, 2.45) is 0 Å². The zero-order chi connectivity index (χ0) is 18.4. The van der Waals surface area contributed by atoms with E-state index in [2.05, 4.69) is 16.2 Å². The predicted octanol–water partition coefficient (Wildman–Crippen LogP) is 1.76. The molecule has 2 amide bonds. The van der Waals surface area contributed by atoms with Gasteiger partial charge < -0.3 is 9.47 Å². The molecule has 0 radical (unpaired) electrons. The molecule has 1 aliphatic rings. The third-order valence-corrected chi connectivity index (χ3v) is 3.59. The summed E-state index contributed by atoms with van der Waals surface area (Å²) in [6.07, 6.45) is 3.01. The van der Waals surface area contributed by atoms with E-state index in [9.17, 15) is 9.59 Å². The Balaban J connectivity index is 1.47. The molecular weight excluding hydrogens is 354 g/mol. The summed E-state index contributed by atoms with van der Waals surface area (Å²) in [5.41, 5.74) is 6.12. The molecule has 0 saturated carbocycles. The fourth-order valence-electron chi connectivity index (χ4n) is 2.14. The summed E-state index contributed by atoms with van der Waals surface area (Å²) >= 11 is 4.97. The fraction of sp³-hybridized carbons (Fsp3) is 0.0556. The molecule has 1 heterocycles. The Morgan fingerprint density at radius 2 is 1.77 bits per heavy atom. The fourth-order valence-corrected chi connectivity index (χ4v) is 2.30. The third-order valence-electron chi connectivity index (χ3n) is 3.39. The molecule has 0 aromatic heterocycles. The highest BCUT2D eigenvalue weighted by atomic mass is 32.1. The van der Waals surface area contributed by atoms with Gasteiger partial charge in [-0.1, -0.05) is 30.3 Å². The maximum Gasteiger partial charge on any atom is 0.269 e. The minimum atomic E-state index is -0.431. The predicted molar refractivity (Wildman–Crippen MR) is 99.4 cm³/mol. The zero-order valence-corrected chi connectivity index (χ0v) is 14.3. The Bertz CT molecular complexity index is 868. The number of carbonyl (C=O) groups excluding carboxylic acids is 2. The van der Waals surface area contributed by atoms with Crippen LogP contribution in [0.4, 0.5) is 0 Å². The monoisotopic (exact) mass is 369 g/mol. The highest BCUT2D eigenvalue weighted by Crippen LogP contribution is 2.32. The van der Waals surface area contributed by atoms with Crippen LogP contribution in [0.1, 0.15) is 15.9 Å². The summed E-state index contributed by atoms with van der Waals surface area (Å²) in [6, 6.07) is 14.2. The maximum absolute atomic E-state index is 12.1. The second kappa shape index (κ2) is 8.13. The first-order chi connectivity index (χ1) is 12.6. The van der Waals surface area contributed by atoms with Crippen LogP contribution in [-0.4, -0.2) is 23.7 Å². The molecular formula is C18H15N3O4S. The molecule has 0 fully saturated rings. The number of carbonyl (C=O) groups is 2. The SMILES string of the molecule is O=C(C=Cc1ccccc1)NC(=S)NNC(=O)c1ccc2c(c1)OCO2. The van der Waals surface area contributed by atoms with Gasteiger partial charge in [-0.05, 0) is 42.1 Å². The minimum Gasteiger partial charge on any atom is -0.454 e. The molecule has 1 aliphatic heterocycles. The maximum atomic E-state index is 12.1. The highest BCUT2D eigenvalue weighted by molar-refractivity contribution is 7.80. The van der Waals surface area contributed by atoms with Crippen LogP contribution >= 0.6 is 12.2 Å². The van der Waals surface area contributed by atoms with E-state index in [0.29, 0.717) is 17.1 Å². The van der Waals surface area contributed by atoms with Gasteiger partial charge in [0.1, 0.15) is 0 Å². The molecule has 3 N–H and O–H groups in total. The average Bonchev–Trinajstić information content (AvgIpc) is 3.13. The van der Waals surface area contributed by atoms with Crippen molar-refractivity contribution in [3.8, 4) is 11.5 Å². The summed E-state index contributed by atoms with van der Waals surface area (Å²) in [4.78, 5) is 23.9. The lowest BCUT2D eigenvalue weighted by atomic mass is 10.2. The van der Waals surface area contributed by atoms with Gasteiger partial charge in [0.15, 0.2) is 16.6 Å². The van der Waals surface area contributed by atoms with Crippen LogP contribution in [0.2, 0.25) is 0 Å². The molecule has 3 rings (SSSR count). The largest absolute Gasteiger partial charge is 0.454 e. The van der Waals surface area contributed by atoms with E-state index in [1.54, 1.807) is 24.3 Å². The summed E-state index contributed by atoms with van der Waals surface area (Å²) in [7, 11) is 0. The Morgan fingerprint density at radius 1 is 1.00 bits per heavy atom. The van der Waals surface area contributed by atoms with Crippen molar-refractivity contribution in [3.63, 3.8) is 0 Å². The van der Waals surface area contributed by atoms with Crippen molar-refractivity contribution in [1.29, 1.82) is 0 Å². The van der Waals surface area contributed by atoms with Gasteiger partial charge in [-0.15, -0.1) is 0 Å². The first-order valence-corrected chi connectivity index (χ1v) is 8.07. The lowest BCUT2D eigenvalue weighted by Gasteiger charge is -2.10. The second-order valence-corrected chi connectivity index (χ2v) is 5.62. The molecule has 8 heteroatoms. The van der Waals surface area contributed by atoms with E-state index in [1.807, 2.05) is 30.3 Å². The molecule has 0 saturated heterocycles. The van der Waals surface area contributed by atoms with Gasteiger partial charge in [-0.25, -0.2) is 0 Å². The van der Waals surface area contributed by atoms with E-state index >= 15 is 0 Å². The molecule has 132 valence electrons. The molecule has 0 aliphatic carbocycles. The quantitative estimate of drug-likeness (QED) is 0.434. The van der Waals surface area contributed by atoms with Crippen LogP contribution in [0, 0.1) is 0 Å². The van der Waals surface area contributed by atoms with Crippen LogP contribution in [-0.2, 0) is 4.79 Å². The number of benzene rings is 2. The molecule has 0 atom stereocenters. The van der Waals surface area contributed by atoms with E-state index < -0.39 is 11.8 Å². The standard InChI is InChI=1S/C18H15N3O4S/c22-16(9-6-12-4-2-1-3-5-12)19-18(26)21-20-17(23)13-7-8-14-15(10-13)25-11-24-14/h1-10H,11H2,(H,20,23)(H2,19,21,22,26). The van der Waals surface area contributed by atoms with Crippen molar-refractivity contribution in [2.75, 3.05) is 6.79 Å². The normalized spacial score (nSPS) is 11.8. The van der Waals surface area contributed by atoms with E-state index in [0.717, 1.165) is 5.56 Å². The molecule has 26 heavy (non-hydrogen) atoms. The molecule has 0 spiro atoms. The van der Waals surface area contributed by atoms with Gasteiger partial charge in [0.25, 0.3) is 5.91 Å². The lowest BCUT2D eigenvalue weighted by molar-refractivity contribution is -0.115. The third kappa shape index (κ3) is 4.58. The van der Waals surface area contributed by atoms with Gasteiger partial charge in [-0.2, -0.15) is 0 Å². The van der Waals surface area contributed by atoms with Gasteiger partial charge in [0.05, 0.1) is 0 Å². The van der Waals surface area contributed by atoms with Crippen molar-refractivity contribution in [3.05, 3.63) is 65.7 Å². The minimum absolute atomic E-state index is 0.0261. The van der Waals surface area contributed by atoms with Crippen molar-refractivity contribution in [2.45, 2.75) is 0 Å². The number of hydrazine groups is 1. The summed E-state index contributed by atoms with van der Waals surface area (Å²) in [5, 5.41) is 2.41. The van der Waals surface area contributed by atoms with Crippen LogP contribution in [0.25, 0.3) is 6.08 Å². The molecule has 2 aromatic carbocycles. The Kier molecular flexibility index (Phi) is 5.45. The topological polar surface area (TPSA) is 88.7 Å². The Morgan fingerprint density at radius 3 is 2.58 bits per heavy atom. The van der Waals surface area contributed by atoms with Gasteiger partial charge in [0.2, 0.25) is 12.7 Å². The molecule has 7 nitrogen and oxygen atoms in total. The van der Waals surface area contributed by atoms with Crippen LogP contribution in [0.5, 0.6) is 11.5 Å². The van der Waals surface area contributed by atoms with Crippen molar-refractivity contribution in [1.82, 2.24) is 16.2 Å². The van der Waals surface area contributed by atoms with Gasteiger partial charge in [0, 0.05) is 11.6 Å². The van der Waals surface area contributed by atoms with E-state index in [4.69, 9.17) is 21.7 Å². The van der Waals surface area contributed by atoms with Gasteiger partial charge >= 0.3 is 0 Å². The van der Waals surface area contributed by atoms with E-state index in [1.165, 1.54) is 6.08 Å². The number of fused-ring (bicyclic) bond motifs is 1. The Hall–Kier alpha value is -3.39. The lowest BCUT2D eigenvalue weighted by Crippen LogP contribution is -2.48. The average molecular weight is 369 g/mol. The number of hydrogen-bond acceptors (Lipinski definition) is 5. The first kappa shape index (κ1) is 17.4. The number of rotatable bonds is 3. The van der Waals surface area contributed by atoms with Crippen LogP contribution in [0.15, 0.2) is 54.6 Å². The van der Waals surface area contributed by atoms with E-state index in [-0.39, 0.29) is 11.9 Å². The number of hydrogen-bond donors (Lipinski definition) is 3. The highest BCUT2D eigenvalue weighted by Gasteiger charge is 2.16. The summed E-state index contributed by atoms with van der Waals surface area (Å²) < 4.78 is 10.4. The summed E-state index contributed by atoms with van der Waals surface area (Å²) in [6.45, 7) is 0.130. The van der Waals surface area contributed by atoms with Crippen molar-refractivity contribution < 1.29 is 19.1 Å². The molecule has 2 aromatic rings. The zero-order valence-electron chi connectivity index (χ0n) is 13.5. The Labute approximate surface area is 155 Å². The van der Waals surface area contributed by atoms with Crippen molar-refractivity contribution >= 4 is 35.2 Å². The smallest absolute Gasteiger partial charge is 0.269 e. The number of amides is 2.